The average molecular weight is 710 g/mol. The average Bonchev–Trinajstić information content (AvgIpc) is 3.02. The molecule has 2 unspecified atom stereocenters. The number of nitrogens with one attached hydrogen (secondary N) is 2. The second-order valence-electron chi connectivity index (χ2n) is 11.2. The Labute approximate surface area is 280 Å². The normalized spacial score (nSPS) is 13.2. The zero-order chi connectivity index (χ0) is 35.6. The zero-order valence-corrected chi connectivity index (χ0v) is 28.5. The number of rotatable bonds is 17. The van der Waals surface area contributed by atoms with Crippen LogP contribution in [0, 0.1) is 11.6 Å². The number of amides is 2. The minimum absolute atomic E-state index is 0.0328. The van der Waals surface area contributed by atoms with E-state index in [0.29, 0.717) is 32.0 Å². The molecule has 0 spiro atoms. The van der Waals surface area contributed by atoms with Crippen molar-refractivity contribution in [3.8, 4) is 0 Å². The first-order valence-corrected chi connectivity index (χ1v) is 18.3. The second kappa shape index (κ2) is 17.0. The summed E-state index contributed by atoms with van der Waals surface area (Å²) in [6.45, 7) is 5.83. The first kappa shape index (κ1) is 38.6. The predicted molar refractivity (Wildman–Crippen MR) is 176 cm³/mol. The first-order valence-electron chi connectivity index (χ1n) is 15.3. The molecule has 3 aromatic rings. The lowest BCUT2D eigenvalue weighted by atomic mass is 9.99. The van der Waals surface area contributed by atoms with Gasteiger partial charge >= 0.3 is 0 Å². The minimum Gasteiger partial charge on any atom is -0.390 e. The lowest BCUT2D eigenvalue weighted by molar-refractivity contribution is 0.0634. The molecule has 16 heteroatoms. The van der Waals surface area contributed by atoms with Gasteiger partial charge in [0.1, 0.15) is 11.6 Å². The fraction of sp³-hybridized carbons (Fsp3) is 0.375. The molecule has 0 heterocycles. The smallest absolute Gasteiger partial charge is 0.253 e. The quantitative estimate of drug-likeness (QED) is 0.155. The fourth-order valence-electron chi connectivity index (χ4n) is 4.98. The molecule has 3 rings (SSSR count). The summed E-state index contributed by atoms with van der Waals surface area (Å²) in [6.07, 6.45) is -0.591. The number of nitrogens with two attached hydrogens (primary N) is 1. The number of primary sulfonamides is 1. The molecule has 12 nitrogen and oxygen atoms in total. The van der Waals surface area contributed by atoms with Gasteiger partial charge in [-0.25, -0.2) is 35.8 Å². The fourth-order valence-corrected chi connectivity index (χ4v) is 6.73. The molecule has 0 saturated heterocycles. The highest BCUT2D eigenvalue weighted by atomic mass is 32.2. The number of benzene rings is 3. The van der Waals surface area contributed by atoms with E-state index < -0.39 is 60.5 Å². The number of hydrazine groups is 1. The van der Waals surface area contributed by atoms with E-state index in [1.165, 1.54) is 28.1 Å². The highest BCUT2D eigenvalue weighted by Crippen LogP contribution is 2.19. The number of aliphatic hydroxyl groups is 1. The van der Waals surface area contributed by atoms with Crippen LogP contribution >= 0.6 is 0 Å². The van der Waals surface area contributed by atoms with Gasteiger partial charge in [0.05, 0.1) is 21.9 Å². The van der Waals surface area contributed by atoms with Crippen molar-refractivity contribution in [2.24, 2.45) is 5.14 Å². The van der Waals surface area contributed by atoms with Crippen LogP contribution in [-0.2, 0) is 26.5 Å². The highest BCUT2D eigenvalue weighted by molar-refractivity contribution is 7.89. The van der Waals surface area contributed by atoms with Crippen molar-refractivity contribution in [2.45, 2.75) is 62.0 Å². The summed E-state index contributed by atoms with van der Waals surface area (Å²) in [4.78, 5) is 30.4. The molecule has 0 bridgehead atoms. The Morgan fingerprint density at radius 3 is 1.98 bits per heavy atom. The van der Waals surface area contributed by atoms with E-state index in [9.17, 15) is 40.3 Å². The summed E-state index contributed by atoms with van der Waals surface area (Å²) < 4.78 is 78.8. The van der Waals surface area contributed by atoms with Crippen molar-refractivity contribution in [3.63, 3.8) is 0 Å². The number of nitrogens with zero attached hydrogens (tertiary/aromatic N) is 2. The number of carbonyl (C=O) groups excluding carboxylic acids is 2. The third-order valence-corrected chi connectivity index (χ3v) is 9.55. The molecular formula is C32H41F2N5O7S2. The number of hydrogen-bond acceptors (Lipinski definition) is 8. The topological polar surface area (TPSA) is 179 Å². The van der Waals surface area contributed by atoms with Crippen LogP contribution in [0.1, 0.15) is 59.9 Å². The number of likely N-dealkylation sites (N-methyl/N-ethyl adjacent to an activating group) is 1. The minimum atomic E-state index is -4.38. The number of aliphatic hydroxyl groups excluding tert-OH is 1. The van der Waals surface area contributed by atoms with Crippen molar-refractivity contribution in [3.05, 3.63) is 95.1 Å². The van der Waals surface area contributed by atoms with Crippen LogP contribution < -0.4 is 15.3 Å². The number of carbonyl (C=O) groups is 2. The Hall–Kier alpha value is -3.80. The molecule has 0 saturated carbocycles. The van der Waals surface area contributed by atoms with Gasteiger partial charge in [0.25, 0.3) is 21.8 Å². The predicted octanol–water partition coefficient (Wildman–Crippen LogP) is 2.79. The van der Waals surface area contributed by atoms with E-state index in [2.05, 4.69) is 10.1 Å². The van der Waals surface area contributed by atoms with Gasteiger partial charge in [-0.15, -0.1) is 4.83 Å². The summed E-state index contributed by atoms with van der Waals surface area (Å²) in [5, 5.41) is 20.5. The Kier molecular flexibility index (Phi) is 13.7. The molecule has 3 aromatic carbocycles. The van der Waals surface area contributed by atoms with Crippen LogP contribution in [0.4, 0.5) is 8.78 Å². The van der Waals surface area contributed by atoms with Gasteiger partial charge < -0.3 is 15.3 Å². The molecule has 0 aliphatic heterocycles. The van der Waals surface area contributed by atoms with Crippen molar-refractivity contribution in [2.75, 3.05) is 26.2 Å². The van der Waals surface area contributed by atoms with E-state index in [1.54, 1.807) is 25.1 Å². The Bertz CT molecular complexity index is 1770. The van der Waals surface area contributed by atoms with E-state index in [-0.39, 0.29) is 41.1 Å². The maximum Gasteiger partial charge on any atom is 0.253 e. The van der Waals surface area contributed by atoms with E-state index in [0.717, 1.165) is 24.3 Å². The Morgan fingerprint density at radius 1 is 0.854 bits per heavy atom. The Balaban J connectivity index is 1.98. The van der Waals surface area contributed by atoms with E-state index in [4.69, 9.17) is 5.14 Å². The maximum atomic E-state index is 14.1. The van der Waals surface area contributed by atoms with Gasteiger partial charge in [0, 0.05) is 43.4 Å². The van der Waals surface area contributed by atoms with E-state index >= 15 is 0 Å². The van der Waals surface area contributed by atoms with Gasteiger partial charge in [-0.2, -0.15) is 0 Å². The number of halogens is 2. The first-order chi connectivity index (χ1) is 22.6. The van der Waals surface area contributed by atoms with Gasteiger partial charge in [-0.1, -0.05) is 39.0 Å². The van der Waals surface area contributed by atoms with Crippen molar-refractivity contribution < 1.29 is 40.3 Å². The molecule has 262 valence electrons. The molecule has 0 aliphatic rings. The molecule has 0 fully saturated rings. The monoisotopic (exact) mass is 709 g/mol. The van der Waals surface area contributed by atoms with Crippen LogP contribution in [-0.4, -0.2) is 82.0 Å². The zero-order valence-electron chi connectivity index (χ0n) is 26.9. The number of hydrogen-bond donors (Lipinski definition) is 4. The van der Waals surface area contributed by atoms with E-state index in [1.807, 2.05) is 13.8 Å². The molecular weight excluding hydrogens is 669 g/mol. The van der Waals surface area contributed by atoms with Crippen molar-refractivity contribution in [1.29, 1.82) is 0 Å². The van der Waals surface area contributed by atoms with Crippen LogP contribution in [0.15, 0.2) is 76.5 Å². The van der Waals surface area contributed by atoms with Crippen molar-refractivity contribution in [1.82, 2.24) is 20.1 Å². The van der Waals surface area contributed by atoms with Gasteiger partial charge in [-0.05, 0) is 67.3 Å². The number of sulfonamides is 2. The summed E-state index contributed by atoms with van der Waals surface area (Å²) in [5.74, 6) is -3.25. The van der Waals surface area contributed by atoms with Crippen LogP contribution in [0.5, 0.6) is 0 Å². The standard InChI is InChI=1S/C32H41F2N5O7S2/c1-4-12-38(13-5-2)32(42)24-17-23(18-28(19-24)47(35,43)44)31(41)36-29(16-22-14-25(33)20-26(34)15-22)30(40)21-39(6-3)37-48(45,46)27-10-8-7-9-11-27/h7-11,14-15,17-20,29-30,37,40H,4-6,12-13,16,21H2,1-3H3,(H,36,41)(H2,35,43,44). The van der Waals surface area contributed by atoms with Gasteiger partial charge in [0.15, 0.2) is 0 Å². The molecule has 2 amide bonds. The molecule has 0 aliphatic carbocycles. The van der Waals surface area contributed by atoms with Crippen LogP contribution in [0.3, 0.4) is 0 Å². The summed E-state index contributed by atoms with van der Waals surface area (Å²) in [7, 11) is -8.44. The summed E-state index contributed by atoms with van der Waals surface area (Å²) >= 11 is 0. The SMILES string of the molecule is CCCN(CCC)C(=O)c1cc(C(=O)NC(Cc2cc(F)cc(F)c2)C(O)CN(CC)NS(=O)(=O)c2ccccc2)cc(S(N)(=O)=O)c1. The van der Waals surface area contributed by atoms with Crippen LogP contribution in [0.25, 0.3) is 0 Å². The highest BCUT2D eigenvalue weighted by Gasteiger charge is 2.28. The summed E-state index contributed by atoms with van der Waals surface area (Å²) in [5.41, 5.74) is -0.323. The molecule has 2 atom stereocenters. The van der Waals surface area contributed by atoms with Crippen molar-refractivity contribution >= 4 is 31.9 Å². The third-order valence-electron chi connectivity index (χ3n) is 7.27. The van der Waals surface area contributed by atoms with Gasteiger partial charge in [-0.3, -0.25) is 9.59 Å². The van der Waals surface area contributed by atoms with Crippen LogP contribution in [0.2, 0.25) is 0 Å². The molecule has 5 N–H and O–H groups in total. The van der Waals surface area contributed by atoms with Gasteiger partial charge in [0.2, 0.25) is 10.0 Å². The lowest BCUT2D eigenvalue weighted by Gasteiger charge is -2.30. The third kappa shape index (κ3) is 10.9. The molecule has 0 radical (unpaired) electrons. The Morgan fingerprint density at radius 2 is 1.44 bits per heavy atom. The molecule has 48 heavy (non-hydrogen) atoms. The molecule has 0 aromatic heterocycles. The maximum absolute atomic E-state index is 14.1. The summed E-state index contributed by atoms with van der Waals surface area (Å²) in [6, 6.07) is 12.1. The largest absolute Gasteiger partial charge is 0.390 e. The lowest BCUT2D eigenvalue weighted by Crippen LogP contribution is -2.53. The second-order valence-corrected chi connectivity index (χ2v) is 14.4.